The number of hydrogen-bond acceptors (Lipinski definition) is 14. The van der Waals surface area contributed by atoms with E-state index in [0.717, 1.165) is 0 Å². The van der Waals surface area contributed by atoms with Crippen LogP contribution >= 0.6 is 0 Å². The Morgan fingerprint density at radius 1 is 0.821 bits per heavy atom. The molecule has 21 heteroatoms. The van der Waals surface area contributed by atoms with Crippen molar-refractivity contribution >= 4 is 6.09 Å². The smallest absolute Gasteiger partial charge is 0.420 e. The van der Waals surface area contributed by atoms with Gasteiger partial charge in [0.15, 0.2) is 19.8 Å². The van der Waals surface area contributed by atoms with Crippen LogP contribution in [0, 0.1) is 60.7 Å². The average molecular weight is 415 g/mol. The molecular weight excluding hydrogens is 406 g/mol. The number of ether oxygens (including phenoxy) is 1. The van der Waals surface area contributed by atoms with Crippen molar-refractivity contribution in [1.29, 1.82) is 0 Å². The van der Waals surface area contributed by atoms with Crippen LogP contribution in [0.5, 0.6) is 0 Å². The first-order valence-corrected chi connectivity index (χ1v) is 6.45. The summed E-state index contributed by atoms with van der Waals surface area (Å²) in [6.07, 6.45) is -3.46. The minimum atomic E-state index is -4.27. The molecule has 0 radical (unpaired) electrons. The fourth-order valence-electron chi connectivity index (χ4n) is 1.40. The van der Waals surface area contributed by atoms with Crippen LogP contribution in [0.3, 0.4) is 0 Å². The molecule has 0 aliphatic rings. The van der Waals surface area contributed by atoms with Crippen molar-refractivity contribution in [2.24, 2.45) is 0 Å². The van der Waals surface area contributed by atoms with Crippen molar-refractivity contribution in [3.63, 3.8) is 0 Å². The third kappa shape index (κ3) is 4.44. The lowest BCUT2D eigenvalue weighted by atomic mass is 10.1. The van der Waals surface area contributed by atoms with Gasteiger partial charge in [-0.2, -0.15) is 0 Å². The quantitative estimate of drug-likeness (QED) is 0.216. The first-order valence-electron chi connectivity index (χ1n) is 6.45. The van der Waals surface area contributed by atoms with Gasteiger partial charge in [0.25, 0.3) is 0 Å². The van der Waals surface area contributed by atoms with Gasteiger partial charge in [-0.15, -0.1) is 0 Å². The highest BCUT2D eigenvalue weighted by atomic mass is 16.8. The summed E-state index contributed by atoms with van der Waals surface area (Å²) in [4.78, 5) is 67.0. The Hall–Kier alpha value is -4.33. The van der Waals surface area contributed by atoms with Crippen LogP contribution in [-0.4, -0.2) is 65.4 Å². The summed E-state index contributed by atoms with van der Waals surface area (Å²) >= 11 is 0. The Kier molecular flexibility index (Phi) is 7.07. The Labute approximate surface area is 150 Å². The maximum atomic E-state index is 11.6. The van der Waals surface area contributed by atoms with E-state index in [0.29, 0.717) is 6.92 Å². The van der Waals surface area contributed by atoms with Crippen LogP contribution in [0.2, 0.25) is 0 Å². The Morgan fingerprint density at radius 2 is 1.21 bits per heavy atom. The van der Waals surface area contributed by atoms with E-state index in [1.165, 1.54) is 0 Å². The third-order valence-corrected chi connectivity index (χ3v) is 3.26. The molecule has 156 valence electrons. The molecule has 21 nitrogen and oxygen atoms in total. The summed E-state index contributed by atoms with van der Waals surface area (Å²) in [5.74, 6) is -4.27. The van der Waals surface area contributed by atoms with Crippen molar-refractivity contribution in [2.45, 2.75) is 24.8 Å². The molecule has 0 saturated heterocycles. The molecular formula is C7H9N7O14. The number of carbonyl (C=O) groups is 1. The molecule has 0 bridgehead atoms. The zero-order valence-corrected chi connectivity index (χ0v) is 13.5. The van der Waals surface area contributed by atoms with Crippen LogP contribution in [0.15, 0.2) is 0 Å². The summed E-state index contributed by atoms with van der Waals surface area (Å²) in [6.45, 7) is -3.05. The summed E-state index contributed by atoms with van der Waals surface area (Å²) in [5, 5.41) is 62.0. The molecule has 0 spiro atoms. The van der Waals surface area contributed by atoms with Crippen LogP contribution in [-0.2, 0) is 4.74 Å². The lowest BCUT2D eigenvalue weighted by Crippen LogP contribution is -2.57. The van der Waals surface area contributed by atoms with Crippen LogP contribution < -0.4 is 0 Å². The fourth-order valence-corrected chi connectivity index (χ4v) is 1.40. The molecule has 0 unspecified atom stereocenters. The zero-order valence-electron chi connectivity index (χ0n) is 13.5. The lowest BCUT2D eigenvalue weighted by Gasteiger charge is -2.16. The van der Waals surface area contributed by atoms with Gasteiger partial charge in [0.2, 0.25) is 0 Å². The molecule has 0 fully saturated rings. The monoisotopic (exact) mass is 415 g/mol. The van der Waals surface area contributed by atoms with Gasteiger partial charge >= 0.3 is 24.1 Å². The number of amides is 1. The van der Waals surface area contributed by atoms with Crippen molar-refractivity contribution in [2.75, 3.05) is 13.2 Å². The Morgan fingerprint density at radius 3 is 1.50 bits per heavy atom. The van der Waals surface area contributed by atoms with Gasteiger partial charge in [-0.05, 0) is 5.01 Å². The highest BCUT2D eigenvalue weighted by Crippen LogP contribution is 2.17. The summed E-state index contributed by atoms with van der Waals surface area (Å²) < 4.78 is 3.88. The van der Waals surface area contributed by atoms with Gasteiger partial charge < -0.3 is 4.74 Å². The highest BCUT2D eigenvalue weighted by Gasteiger charge is 2.72. The fraction of sp³-hybridized carbons (Fsp3) is 0.857. The second kappa shape index (κ2) is 8.37. The van der Waals surface area contributed by atoms with E-state index in [-0.39, 0.29) is 0 Å². The molecule has 0 aliphatic carbocycles. The van der Waals surface area contributed by atoms with E-state index in [1.54, 1.807) is 0 Å². The summed E-state index contributed by atoms with van der Waals surface area (Å²) in [5.41, 5.74) is -2.97. The first-order chi connectivity index (χ1) is 12.6. The van der Waals surface area contributed by atoms with Crippen molar-refractivity contribution in [3.8, 4) is 0 Å². The van der Waals surface area contributed by atoms with Crippen LogP contribution in [0.1, 0.15) is 13.3 Å². The van der Waals surface area contributed by atoms with Gasteiger partial charge in [0.1, 0.15) is 13.0 Å². The minimum Gasteiger partial charge on any atom is -0.420 e. The molecule has 0 N–H and O–H groups in total. The number of rotatable bonds is 11. The minimum absolute atomic E-state index is 0.466. The van der Waals surface area contributed by atoms with Gasteiger partial charge in [-0.25, -0.2) is 14.9 Å². The van der Waals surface area contributed by atoms with Crippen molar-refractivity contribution < 1.29 is 39.2 Å². The van der Waals surface area contributed by atoms with Crippen LogP contribution in [0.4, 0.5) is 4.79 Å². The molecule has 0 aromatic carbocycles. The molecule has 0 rings (SSSR count). The molecule has 0 atom stereocenters. The van der Waals surface area contributed by atoms with Crippen molar-refractivity contribution in [1.82, 2.24) is 5.01 Å². The number of nitro groups is 6. The lowest BCUT2D eigenvalue weighted by molar-refractivity contribution is -0.970. The van der Waals surface area contributed by atoms with E-state index in [2.05, 4.69) is 4.74 Å². The molecule has 28 heavy (non-hydrogen) atoms. The van der Waals surface area contributed by atoms with Gasteiger partial charge in [-0.1, -0.05) is 0 Å². The maximum absolute atomic E-state index is 11.6. The number of nitrogens with zero attached hydrogens (tertiary/aromatic N) is 7. The predicted molar refractivity (Wildman–Crippen MR) is 75.8 cm³/mol. The molecule has 0 aromatic rings. The van der Waals surface area contributed by atoms with Crippen molar-refractivity contribution in [3.05, 3.63) is 60.7 Å². The zero-order chi connectivity index (χ0) is 22.4. The average Bonchev–Trinajstić information content (AvgIpc) is 2.53. The van der Waals surface area contributed by atoms with E-state index in [9.17, 15) is 65.5 Å². The topological polar surface area (TPSA) is 288 Å². The van der Waals surface area contributed by atoms with E-state index >= 15 is 0 Å². The van der Waals surface area contributed by atoms with E-state index < -0.39 is 71.8 Å². The molecule has 0 aliphatic heterocycles. The second-order valence-electron chi connectivity index (χ2n) is 4.94. The summed E-state index contributed by atoms with van der Waals surface area (Å²) in [7, 11) is 0. The number of hydrogen-bond donors (Lipinski definition) is 0. The van der Waals surface area contributed by atoms with E-state index in [4.69, 9.17) is 0 Å². The normalized spacial score (nSPS) is 11.2. The highest BCUT2D eigenvalue weighted by molar-refractivity contribution is 5.66. The largest absolute Gasteiger partial charge is 0.734 e. The molecule has 0 saturated carbocycles. The Bertz CT molecular complexity index is 684. The van der Waals surface area contributed by atoms with Crippen LogP contribution in [0.25, 0.3) is 0 Å². The Balaban J connectivity index is 5.50. The summed E-state index contributed by atoms with van der Waals surface area (Å²) in [6, 6.07) is 0. The third-order valence-electron chi connectivity index (χ3n) is 3.26. The van der Waals surface area contributed by atoms with Gasteiger partial charge in [0.05, 0.1) is 16.8 Å². The standard InChI is InChI=1S/C7H9N7O14/c1-6(9(16)17,10(18)19)2-3-8(14(26)27)5(15)28-4-7(11(20)21,12(22)23)13(24)25/h2-4H2,1H3. The number of hydrazine groups is 1. The SMILES string of the molecule is CC(CCN(C(=O)OCC([N+](=O)[O-])([N+](=O)[O-])[N+](=O)[O-])[N+](=O)[O-])([N+](=O)[O-])[N+](=O)[O-]. The second-order valence-corrected chi connectivity index (χ2v) is 4.94. The van der Waals surface area contributed by atoms with Gasteiger partial charge in [0, 0.05) is 0 Å². The molecule has 1 amide bonds. The number of carbonyl (C=O) groups excluding carboxylic acids is 1. The van der Waals surface area contributed by atoms with E-state index in [1.807, 2.05) is 0 Å². The molecule has 0 heterocycles. The first kappa shape index (κ1) is 23.7. The molecule has 0 aromatic heterocycles. The van der Waals surface area contributed by atoms with Gasteiger partial charge in [-0.3, -0.25) is 50.6 Å². The predicted octanol–water partition coefficient (Wildman–Crippen LogP) is -1.24. The maximum Gasteiger partial charge on any atom is 0.734 e.